The number of benzene rings is 1. The van der Waals surface area contributed by atoms with Gasteiger partial charge in [0.05, 0.1) is 12.1 Å². The molecule has 4 heterocycles. The van der Waals surface area contributed by atoms with Gasteiger partial charge < -0.3 is 9.64 Å². The molecule has 0 saturated carbocycles. The summed E-state index contributed by atoms with van der Waals surface area (Å²) in [5.74, 6) is -1.06. The molecule has 1 aromatic heterocycles. The molecule has 2 bridgehead atoms. The maximum atomic E-state index is 13.2. The summed E-state index contributed by atoms with van der Waals surface area (Å²) in [7, 11) is 0. The van der Waals surface area contributed by atoms with Crippen molar-refractivity contribution in [2.24, 2.45) is 0 Å². The number of nitrogens with one attached hydrogen (secondary N) is 2. The van der Waals surface area contributed by atoms with Crippen LogP contribution in [-0.2, 0) is 25.8 Å². The van der Waals surface area contributed by atoms with Crippen molar-refractivity contribution in [1.29, 1.82) is 0 Å². The van der Waals surface area contributed by atoms with Gasteiger partial charge in [0.2, 0.25) is 0 Å². The van der Waals surface area contributed by atoms with Crippen LogP contribution in [0.4, 0.5) is 9.59 Å². The molecule has 0 radical (unpaired) electrons. The molecule has 4 atom stereocenters. The summed E-state index contributed by atoms with van der Waals surface area (Å²) in [4.78, 5) is 60.9. The summed E-state index contributed by atoms with van der Waals surface area (Å²) in [5.41, 5.74) is 5.13. The van der Waals surface area contributed by atoms with Crippen LogP contribution in [0.2, 0.25) is 0 Å². The van der Waals surface area contributed by atoms with E-state index in [0.717, 1.165) is 5.56 Å². The Morgan fingerprint density at radius 3 is 2.38 bits per heavy atom. The molecule has 2 aromatic rings. The number of hydroxylamine groups is 2. The number of carbonyl (C=O) groups is 4. The molecule has 5 amide bonds. The highest BCUT2D eigenvalue weighted by atomic mass is 16.7. The zero-order chi connectivity index (χ0) is 28.4. The van der Waals surface area contributed by atoms with Crippen molar-refractivity contribution in [1.82, 2.24) is 35.5 Å². The van der Waals surface area contributed by atoms with E-state index in [4.69, 9.17) is 9.57 Å². The van der Waals surface area contributed by atoms with E-state index in [1.165, 1.54) is 14.9 Å². The second kappa shape index (κ2) is 11.2. The van der Waals surface area contributed by atoms with Crippen LogP contribution in [0.3, 0.4) is 0 Å². The Labute approximate surface area is 232 Å². The van der Waals surface area contributed by atoms with Gasteiger partial charge in [0.1, 0.15) is 24.3 Å². The molecule has 1 aromatic carbocycles. The number of urea groups is 1. The average Bonchev–Trinajstić information content (AvgIpc) is 3.66. The third-order valence-electron chi connectivity index (χ3n) is 7.26. The zero-order valence-corrected chi connectivity index (χ0v) is 22.9. The first-order valence-electron chi connectivity index (χ1n) is 13.5. The van der Waals surface area contributed by atoms with Crippen LogP contribution in [0.25, 0.3) is 0 Å². The predicted molar refractivity (Wildman–Crippen MR) is 141 cm³/mol. The fourth-order valence-electron chi connectivity index (χ4n) is 5.35. The van der Waals surface area contributed by atoms with E-state index < -0.39 is 35.6 Å². The average molecular weight is 554 g/mol. The molecule has 5 rings (SSSR count). The van der Waals surface area contributed by atoms with Crippen LogP contribution in [0, 0.1) is 0 Å². The van der Waals surface area contributed by atoms with E-state index in [9.17, 15) is 19.2 Å². The SMILES string of the molecule is CC(C)(C)OC(=O)N1CC(n2cccn2)CC1C(=O)NNC(=O)C1CCC2CN1C(=O)N2OCc1ccccc1. The Balaban J connectivity index is 1.18. The molecule has 0 spiro atoms. The summed E-state index contributed by atoms with van der Waals surface area (Å²) in [6, 6.07) is 8.93. The quantitative estimate of drug-likeness (QED) is 0.522. The molecular formula is C27H35N7O6. The van der Waals surface area contributed by atoms with Gasteiger partial charge in [0, 0.05) is 31.9 Å². The number of ether oxygens (including phenoxy) is 1. The lowest BCUT2D eigenvalue weighted by Crippen LogP contribution is -2.57. The number of hydrogen-bond donors (Lipinski definition) is 2. The topological polar surface area (TPSA) is 138 Å². The summed E-state index contributed by atoms with van der Waals surface area (Å²) < 4.78 is 7.22. The van der Waals surface area contributed by atoms with E-state index in [0.29, 0.717) is 25.8 Å². The Hall–Kier alpha value is -4.13. The van der Waals surface area contributed by atoms with E-state index in [2.05, 4.69) is 16.0 Å². The molecule has 3 aliphatic rings. The standard InChI is InChI=1S/C27H35N7O6/c1-27(2,3)40-26(38)32-16-20(33-13-7-12-28-33)14-22(32)24(36)30-29-23(35)21-11-10-19-15-31(21)25(37)34(19)39-17-18-8-5-4-6-9-18/h4-9,12-13,19-22H,10-11,14-17H2,1-3H3,(H,29,35)(H,30,36). The summed E-state index contributed by atoms with van der Waals surface area (Å²) in [6.45, 7) is 6.10. The molecule has 13 nitrogen and oxygen atoms in total. The highest BCUT2D eigenvalue weighted by Crippen LogP contribution is 2.31. The molecule has 40 heavy (non-hydrogen) atoms. The second-order valence-electron chi connectivity index (χ2n) is 11.3. The van der Waals surface area contributed by atoms with Gasteiger partial charge in [-0.15, -0.1) is 0 Å². The lowest BCUT2D eigenvalue weighted by atomic mass is 10.0. The number of fused-ring (bicyclic) bond motifs is 2. The van der Waals surface area contributed by atoms with Crippen molar-refractivity contribution in [2.45, 2.75) is 76.4 Å². The minimum absolute atomic E-state index is 0.144. The molecule has 3 saturated heterocycles. The minimum Gasteiger partial charge on any atom is -0.444 e. The van der Waals surface area contributed by atoms with E-state index in [1.807, 2.05) is 30.3 Å². The second-order valence-corrected chi connectivity index (χ2v) is 11.3. The van der Waals surface area contributed by atoms with Crippen LogP contribution in [-0.4, -0.2) is 85.4 Å². The van der Waals surface area contributed by atoms with E-state index in [-0.39, 0.29) is 31.3 Å². The van der Waals surface area contributed by atoms with Crippen molar-refractivity contribution >= 4 is 23.9 Å². The zero-order valence-electron chi connectivity index (χ0n) is 22.9. The highest BCUT2D eigenvalue weighted by molar-refractivity contribution is 5.92. The maximum Gasteiger partial charge on any atom is 0.411 e. The van der Waals surface area contributed by atoms with Crippen LogP contribution in [0.5, 0.6) is 0 Å². The van der Waals surface area contributed by atoms with Gasteiger partial charge in [-0.05, 0) is 45.2 Å². The number of nitrogens with zero attached hydrogens (tertiary/aromatic N) is 5. The molecule has 4 unspecified atom stereocenters. The summed E-state index contributed by atoms with van der Waals surface area (Å²) >= 11 is 0. The van der Waals surface area contributed by atoms with Crippen LogP contribution >= 0.6 is 0 Å². The number of carbonyl (C=O) groups excluding carboxylic acids is 4. The molecule has 214 valence electrons. The number of hydrazine groups is 1. The Morgan fingerprint density at radius 1 is 0.975 bits per heavy atom. The molecule has 3 aliphatic heterocycles. The fraction of sp³-hybridized carbons (Fsp3) is 0.519. The van der Waals surface area contributed by atoms with Crippen LogP contribution in [0.1, 0.15) is 51.6 Å². The third-order valence-corrected chi connectivity index (χ3v) is 7.26. The normalized spacial score (nSPS) is 24.3. The number of piperidine rings is 1. The van der Waals surface area contributed by atoms with Crippen LogP contribution < -0.4 is 10.9 Å². The first-order valence-corrected chi connectivity index (χ1v) is 13.5. The van der Waals surface area contributed by atoms with Crippen molar-refractivity contribution < 1.29 is 28.8 Å². The van der Waals surface area contributed by atoms with Gasteiger partial charge in [-0.1, -0.05) is 30.3 Å². The van der Waals surface area contributed by atoms with Crippen molar-refractivity contribution in [3.63, 3.8) is 0 Å². The molecule has 3 fully saturated rings. The van der Waals surface area contributed by atoms with Gasteiger partial charge in [-0.3, -0.25) is 34.9 Å². The molecule has 0 aliphatic carbocycles. The predicted octanol–water partition coefficient (Wildman–Crippen LogP) is 1.98. The molecular weight excluding hydrogens is 518 g/mol. The summed E-state index contributed by atoms with van der Waals surface area (Å²) in [6.07, 6.45) is 4.10. The van der Waals surface area contributed by atoms with Gasteiger partial charge >= 0.3 is 12.1 Å². The summed E-state index contributed by atoms with van der Waals surface area (Å²) in [5, 5.41) is 5.60. The molecule has 2 N–H and O–H groups in total. The first kappa shape index (κ1) is 27.4. The van der Waals surface area contributed by atoms with E-state index in [1.54, 1.807) is 43.9 Å². The van der Waals surface area contributed by atoms with E-state index >= 15 is 0 Å². The number of aromatic nitrogens is 2. The minimum atomic E-state index is -0.879. The Morgan fingerprint density at radius 2 is 1.70 bits per heavy atom. The largest absolute Gasteiger partial charge is 0.444 e. The van der Waals surface area contributed by atoms with Crippen molar-refractivity contribution in [3.05, 3.63) is 54.4 Å². The fourth-order valence-corrected chi connectivity index (χ4v) is 5.35. The van der Waals surface area contributed by atoms with Crippen molar-refractivity contribution in [3.8, 4) is 0 Å². The maximum absolute atomic E-state index is 13.2. The monoisotopic (exact) mass is 553 g/mol. The van der Waals surface area contributed by atoms with Gasteiger partial charge in [-0.2, -0.15) is 10.2 Å². The van der Waals surface area contributed by atoms with Crippen LogP contribution in [0.15, 0.2) is 48.8 Å². The number of amides is 5. The van der Waals surface area contributed by atoms with Crippen molar-refractivity contribution in [2.75, 3.05) is 13.1 Å². The third kappa shape index (κ3) is 5.88. The lowest BCUT2D eigenvalue weighted by molar-refractivity contribution is -0.140. The Kier molecular flexibility index (Phi) is 7.66. The number of rotatable bonds is 6. The van der Waals surface area contributed by atoms with Gasteiger partial charge in [0.15, 0.2) is 0 Å². The van der Waals surface area contributed by atoms with Gasteiger partial charge in [-0.25, -0.2) is 9.59 Å². The molecule has 13 heteroatoms. The number of likely N-dealkylation sites (tertiary alicyclic amines) is 1. The lowest BCUT2D eigenvalue weighted by Gasteiger charge is -2.30. The first-order chi connectivity index (χ1) is 19.1. The Bertz CT molecular complexity index is 1230. The van der Waals surface area contributed by atoms with Gasteiger partial charge in [0.25, 0.3) is 11.8 Å². The number of hydrogen-bond acceptors (Lipinski definition) is 7. The smallest absolute Gasteiger partial charge is 0.411 e. The highest BCUT2D eigenvalue weighted by Gasteiger charge is 2.48.